The summed E-state index contributed by atoms with van der Waals surface area (Å²) < 4.78 is 1.72. The molecule has 142 valence electrons. The number of carbonyl (C=O) groups excluding carboxylic acids is 3. The molecule has 0 saturated heterocycles. The number of hydrogen-bond donors (Lipinski definition) is 1. The van der Waals surface area contributed by atoms with E-state index in [9.17, 15) is 14.4 Å². The third kappa shape index (κ3) is 3.58. The van der Waals surface area contributed by atoms with E-state index in [1.165, 1.54) is 6.92 Å². The van der Waals surface area contributed by atoms with E-state index in [1.54, 1.807) is 34.9 Å². The second-order valence-corrected chi connectivity index (χ2v) is 6.69. The number of amides is 1. The summed E-state index contributed by atoms with van der Waals surface area (Å²) in [5.74, 6) is -1.52. The molecule has 0 saturated carbocycles. The van der Waals surface area contributed by atoms with Crippen LogP contribution in [0.4, 0.5) is 5.69 Å². The van der Waals surface area contributed by atoms with Crippen molar-refractivity contribution in [3.05, 3.63) is 96.3 Å². The van der Waals surface area contributed by atoms with Crippen molar-refractivity contribution >= 4 is 28.7 Å². The van der Waals surface area contributed by atoms with Crippen LogP contribution in [0.25, 0.3) is 16.6 Å². The molecular formula is C24H18N2O3. The van der Waals surface area contributed by atoms with Crippen LogP contribution in [-0.4, -0.2) is 21.9 Å². The van der Waals surface area contributed by atoms with E-state index in [4.69, 9.17) is 0 Å². The maximum absolute atomic E-state index is 13.1. The molecule has 0 radical (unpaired) electrons. The van der Waals surface area contributed by atoms with Gasteiger partial charge in [0.1, 0.15) is 5.69 Å². The molecule has 29 heavy (non-hydrogen) atoms. The van der Waals surface area contributed by atoms with Crippen molar-refractivity contribution in [2.24, 2.45) is 0 Å². The number of rotatable bonds is 5. The van der Waals surface area contributed by atoms with Crippen LogP contribution in [0, 0.1) is 0 Å². The first-order valence-corrected chi connectivity index (χ1v) is 9.17. The van der Waals surface area contributed by atoms with Crippen LogP contribution >= 0.6 is 0 Å². The zero-order chi connectivity index (χ0) is 20.4. The van der Waals surface area contributed by atoms with Gasteiger partial charge in [-0.3, -0.25) is 14.4 Å². The number of aromatic nitrogens is 1. The largest absolute Gasteiger partial charge is 0.319 e. The second kappa shape index (κ2) is 7.56. The Hall–Kier alpha value is -3.99. The summed E-state index contributed by atoms with van der Waals surface area (Å²) in [6.45, 7) is 1.45. The van der Waals surface area contributed by atoms with Gasteiger partial charge in [-0.1, -0.05) is 48.5 Å². The minimum Gasteiger partial charge on any atom is -0.319 e. The first-order valence-electron chi connectivity index (χ1n) is 9.17. The molecule has 0 unspecified atom stereocenters. The summed E-state index contributed by atoms with van der Waals surface area (Å²) in [6, 6.07) is 23.5. The third-order valence-corrected chi connectivity index (χ3v) is 4.71. The number of Topliss-reactive ketones (excluding diaryl/α,β-unsaturated/α-hetero) is 2. The van der Waals surface area contributed by atoms with Crippen molar-refractivity contribution < 1.29 is 14.4 Å². The maximum atomic E-state index is 13.1. The summed E-state index contributed by atoms with van der Waals surface area (Å²) in [5, 5.41) is 2.61. The Morgan fingerprint density at radius 3 is 2.34 bits per heavy atom. The van der Waals surface area contributed by atoms with Gasteiger partial charge in [-0.2, -0.15) is 0 Å². The summed E-state index contributed by atoms with van der Waals surface area (Å²) >= 11 is 0. The first-order chi connectivity index (χ1) is 14.0. The van der Waals surface area contributed by atoms with Crippen molar-refractivity contribution in [1.29, 1.82) is 0 Å². The van der Waals surface area contributed by atoms with Gasteiger partial charge < -0.3 is 9.72 Å². The van der Waals surface area contributed by atoms with Gasteiger partial charge in [0.25, 0.3) is 11.7 Å². The molecule has 0 bridgehead atoms. The molecule has 1 N–H and O–H groups in total. The van der Waals surface area contributed by atoms with E-state index >= 15 is 0 Å². The Bertz CT molecular complexity index is 1240. The smallest absolute Gasteiger partial charge is 0.298 e. The van der Waals surface area contributed by atoms with Crippen LogP contribution in [0.2, 0.25) is 0 Å². The molecule has 4 aromatic rings. The van der Waals surface area contributed by atoms with E-state index in [1.807, 2.05) is 54.6 Å². The lowest BCUT2D eigenvalue weighted by atomic mass is 10.0. The highest BCUT2D eigenvalue weighted by Gasteiger charge is 2.24. The highest BCUT2D eigenvalue weighted by molar-refractivity contribution is 6.47. The van der Waals surface area contributed by atoms with Gasteiger partial charge in [0.15, 0.2) is 5.78 Å². The standard InChI is InChI=1S/C24H18N2O3/c1-16(27)18-10-7-11-19(14-18)25-24(29)23(28)22-21(17-8-3-2-4-9-17)15-20-12-5-6-13-26(20)22/h2-15H,1H3,(H,25,29). The summed E-state index contributed by atoms with van der Waals surface area (Å²) in [6.07, 6.45) is 1.76. The normalized spacial score (nSPS) is 10.7. The van der Waals surface area contributed by atoms with E-state index in [-0.39, 0.29) is 5.78 Å². The SMILES string of the molecule is CC(=O)c1cccc(NC(=O)C(=O)c2c(-c3ccccc3)cc3ccccn23)c1. The van der Waals surface area contributed by atoms with Gasteiger partial charge in [-0.05, 0) is 42.8 Å². The van der Waals surface area contributed by atoms with Crippen LogP contribution in [0.5, 0.6) is 0 Å². The number of hydrogen-bond acceptors (Lipinski definition) is 3. The Kier molecular flexibility index (Phi) is 4.79. The van der Waals surface area contributed by atoms with E-state index in [0.717, 1.165) is 11.1 Å². The molecule has 1 amide bonds. The monoisotopic (exact) mass is 382 g/mol. The number of anilines is 1. The molecule has 5 heteroatoms. The number of pyridine rings is 1. The number of ketones is 2. The van der Waals surface area contributed by atoms with Gasteiger partial charge in [0.05, 0.1) is 0 Å². The van der Waals surface area contributed by atoms with Crippen molar-refractivity contribution in [3.8, 4) is 11.1 Å². The van der Waals surface area contributed by atoms with E-state index < -0.39 is 11.7 Å². The second-order valence-electron chi connectivity index (χ2n) is 6.69. The van der Waals surface area contributed by atoms with Crippen molar-refractivity contribution in [1.82, 2.24) is 4.40 Å². The van der Waals surface area contributed by atoms with Crippen molar-refractivity contribution in [2.75, 3.05) is 5.32 Å². The van der Waals surface area contributed by atoms with Crippen molar-refractivity contribution in [2.45, 2.75) is 6.92 Å². The van der Waals surface area contributed by atoms with E-state index in [2.05, 4.69) is 5.32 Å². The molecule has 0 atom stereocenters. The number of nitrogens with one attached hydrogen (secondary N) is 1. The lowest BCUT2D eigenvalue weighted by molar-refractivity contribution is -0.112. The zero-order valence-electron chi connectivity index (χ0n) is 15.8. The Morgan fingerprint density at radius 2 is 1.59 bits per heavy atom. The molecule has 0 spiro atoms. The van der Waals surface area contributed by atoms with Gasteiger partial charge in [-0.25, -0.2) is 0 Å². The Morgan fingerprint density at radius 1 is 0.828 bits per heavy atom. The van der Waals surface area contributed by atoms with Gasteiger partial charge in [0, 0.05) is 28.5 Å². The van der Waals surface area contributed by atoms with Gasteiger partial charge >= 0.3 is 0 Å². The molecular weight excluding hydrogens is 364 g/mol. The van der Waals surface area contributed by atoms with Gasteiger partial charge in [-0.15, -0.1) is 0 Å². The predicted molar refractivity (Wildman–Crippen MR) is 112 cm³/mol. The van der Waals surface area contributed by atoms with Crippen LogP contribution < -0.4 is 5.32 Å². The number of fused-ring (bicyclic) bond motifs is 1. The number of carbonyl (C=O) groups is 3. The van der Waals surface area contributed by atoms with Gasteiger partial charge in [0.2, 0.25) is 0 Å². The lowest BCUT2D eigenvalue weighted by Gasteiger charge is -2.08. The van der Waals surface area contributed by atoms with Crippen LogP contribution in [-0.2, 0) is 4.79 Å². The summed E-state index contributed by atoms with van der Waals surface area (Å²) in [5.41, 5.74) is 3.53. The maximum Gasteiger partial charge on any atom is 0.298 e. The Balaban J connectivity index is 1.74. The molecule has 2 heterocycles. The highest BCUT2D eigenvalue weighted by Crippen LogP contribution is 2.28. The summed E-state index contributed by atoms with van der Waals surface area (Å²) in [4.78, 5) is 37.5. The lowest BCUT2D eigenvalue weighted by Crippen LogP contribution is -2.24. The minimum absolute atomic E-state index is 0.114. The fourth-order valence-electron chi connectivity index (χ4n) is 3.30. The minimum atomic E-state index is -0.758. The molecule has 2 aromatic carbocycles. The molecule has 0 aliphatic heterocycles. The molecule has 4 rings (SSSR count). The predicted octanol–water partition coefficient (Wildman–Crippen LogP) is 4.63. The molecule has 0 fully saturated rings. The summed E-state index contributed by atoms with van der Waals surface area (Å²) in [7, 11) is 0. The molecule has 5 nitrogen and oxygen atoms in total. The highest BCUT2D eigenvalue weighted by atomic mass is 16.2. The fraction of sp³-hybridized carbons (Fsp3) is 0.0417. The number of benzene rings is 2. The van der Waals surface area contributed by atoms with Crippen LogP contribution in [0.3, 0.4) is 0 Å². The molecule has 2 aromatic heterocycles. The van der Waals surface area contributed by atoms with Crippen LogP contribution in [0.15, 0.2) is 85.1 Å². The zero-order valence-corrected chi connectivity index (χ0v) is 15.8. The third-order valence-electron chi connectivity index (χ3n) is 4.71. The average Bonchev–Trinajstić information content (AvgIpc) is 3.13. The number of nitrogens with zero attached hydrogens (tertiary/aromatic N) is 1. The molecule has 0 aliphatic carbocycles. The van der Waals surface area contributed by atoms with E-state index in [0.29, 0.717) is 22.5 Å². The fourth-order valence-corrected chi connectivity index (χ4v) is 3.30. The van der Waals surface area contributed by atoms with Crippen LogP contribution in [0.1, 0.15) is 27.8 Å². The van der Waals surface area contributed by atoms with Crippen molar-refractivity contribution in [3.63, 3.8) is 0 Å². The average molecular weight is 382 g/mol. The first kappa shape index (κ1) is 18.4. The topological polar surface area (TPSA) is 67.7 Å². The molecule has 0 aliphatic rings. The quantitative estimate of drug-likeness (QED) is 0.404. The Labute approximate surface area is 167 Å².